The smallest absolute Gasteiger partial charge is 0.206 e. The van der Waals surface area contributed by atoms with Gasteiger partial charge in [-0.2, -0.15) is 13.2 Å². The van der Waals surface area contributed by atoms with Crippen molar-refractivity contribution in [3.8, 4) is 11.1 Å². The van der Waals surface area contributed by atoms with Crippen LogP contribution in [0.25, 0.3) is 11.1 Å². The topological polar surface area (TPSA) is 0 Å². The van der Waals surface area contributed by atoms with Gasteiger partial charge in [0, 0.05) is 5.56 Å². The van der Waals surface area contributed by atoms with Gasteiger partial charge >= 0.3 is 6.18 Å². The Hall–Kier alpha value is -1.84. The summed E-state index contributed by atoms with van der Waals surface area (Å²) in [6.07, 6.45) is -2.61. The van der Waals surface area contributed by atoms with Crippen LogP contribution in [0.1, 0.15) is 31.4 Å². The highest BCUT2D eigenvalue weighted by Crippen LogP contribution is 2.31. The summed E-state index contributed by atoms with van der Waals surface area (Å²) in [5.41, 5.74) is 0.940. The molecule has 2 rings (SSSR count). The summed E-state index contributed by atoms with van der Waals surface area (Å²) in [6.45, 7) is 4.21. The minimum atomic E-state index is -4.38. The molecule has 4 heteroatoms. The molecular weight excluding hydrogens is 292 g/mol. The van der Waals surface area contributed by atoms with Crippen LogP contribution < -0.4 is 0 Å². The van der Waals surface area contributed by atoms with Gasteiger partial charge in [-0.3, -0.25) is 0 Å². The van der Waals surface area contributed by atoms with E-state index in [1.807, 2.05) is 6.07 Å². The number of benzene rings is 2. The third-order valence-electron chi connectivity index (χ3n) is 3.57. The summed E-state index contributed by atoms with van der Waals surface area (Å²) in [7, 11) is 0. The number of aryl methyl sites for hydroxylation is 1. The third-order valence-corrected chi connectivity index (χ3v) is 3.57. The lowest BCUT2D eigenvalue weighted by Gasteiger charge is -2.10. The molecule has 0 spiro atoms. The molecule has 0 amide bonds. The van der Waals surface area contributed by atoms with E-state index in [4.69, 9.17) is 0 Å². The maximum atomic E-state index is 14.2. The van der Waals surface area contributed by atoms with Crippen LogP contribution in [0.2, 0.25) is 0 Å². The first-order chi connectivity index (χ1) is 10.3. The second kappa shape index (κ2) is 6.51. The van der Waals surface area contributed by atoms with Crippen LogP contribution in [0, 0.1) is 11.7 Å². The summed E-state index contributed by atoms with van der Waals surface area (Å²) >= 11 is 0. The van der Waals surface area contributed by atoms with Gasteiger partial charge in [-0.1, -0.05) is 38.1 Å². The van der Waals surface area contributed by atoms with Crippen LogP contribution in [-0.2, 0) is 12.6 Å². The van der Waals surface area contributed by atoms with Gasteiger partial charge in [0.05, 0.1) is 5.56 Å². The highest BCUT2D eigenvalue weighted by Gasteiger charge is 2.30. The molecule has 0 saturated carbocycles. The molecule has 0 aliphatic carbocycles. The third kappa shape index (κ3) is 4.09. The van der Waals surface area contributed by atoms with E-state index in [-0.39, 0.29) is 0 Å². The fraction of sp³-hybridized carbons (Fsp3) is 0.333. The van der Waals surface area contributed by atoms with Crippen molar-refractivity contribution in [3.05, 3.63) is 59.4 Å². The number of hydrogen-bond donors (Lipinski definition) is 0. The molecule has 0 fully saturated rings. The zero-order valence-electron chi connectivity index (χ0n) is 12.5. The van der Waals surface area contributed by atoms with E-state index in [1.54, 1.807) is 6.07 Å². The first-order valence-electron chi connectivity index (χ1n) is 7.23. The monoisotopic (exact) mass is 310 g/mol. The quantitative estimate of drug-likeness (QED) is 0.598. The molecule has 0 unspecified atom stereocenters. The Kier molecular flexibility index (Phi) is 4.89. The van der Waals surface area contributed by atoms with Crippen molar-refractivity contribution in [2.75, 3.05) is 0 Å². The van der Waals surface area contributed by atoms with E-state index in [0.29, 0.717) is 17.0 Å². The van der Waals surface area contributed by atoms with Gasteiger partial charge in [-0.15, -0.1) is 0 Å². The highest BCUT2D eigenvalue weighted by atomic mass is 19.4. The van der Waals surface area contributed by atoms with Crippen LogP contribution in [0.4, 0.5) is 17.6 Å². The predicted molar refractivity (Wildman–Crippen MR) is 80.0 cm³/mol. The lowest BCUT2D eigenvalue weighted by molar-refractivity contribution is -0.137. The molecule has 0 radical (unpaired) electrons. The molecule has 2 aromatic rings. The summed E-state index contributed by atoms with van der Waals surface area (Å²) in [5.74, 6) is 0.138. The van der Waals surface area contributed by atoms with E-state index >= 15 is 0 Å². The fourth-order valence-corrected chi connectivity index (χ4v) is 2.24. The van der Waals surface area contributed by atoms with E-state index in [1.165, 1.54) is 18.2 Å². The first-order valence-corrected chi connectivity index (χ1v) is 7.23. The van der Waals surface area contributed by atoms with Gasteiger partial charge in [-0.25, -0.2) is 4.39 Å². The molecular formula is C18H18F4. The maximum Gasteiger partial charge on any atom is 0.416 e. The number of halogens is 4. The summed E-state index contributed by atoms with van der Waals surface area (Å²) in [6, 6.07) is 9.48. The van der Waals surface area contributed by atoms with Gasteiger partial charge in [0.1, 0.15) is 5.82 Å². The van der Waals surface area contributed by atoms with Crippen LogP contribution in [0.15, 0.2) is 42.5 Å². The van der Waals surface area contributed by atoms with Gasteiger partial charge in [0.2, 0.25) is 0 Å². The summed E-state index contributed by atoms with van der Waals surface area (Å²) in [5, 5.41) is 0. The largest absolute Gasteiger partial charge is 0.416 e. The summed E-state index contributed by atoms with van der Waals surface area (Å²) in [4.78, 5) is 0. The van der Waals surface area contributed by atoms with Gasteiger partial charge in [-0.05, 0) is 48.1 Å². The standard InChI is InChI=1S/C18H18F4/c1-12(2)3-4-13-5-10-16(17(19)11-13)14-6-8-15(9-7-14)18(20,21)22/h5-12H,3-4H2,1-2H3. The molecule has 0 N–H and O–H groups in total. The highest BCUT2D eigenvalue weighted by molar-refractivity contribution is 5.64. The second-order valence-electron chi connectivity index (χ2n) is 5.82. The minimum Gasteiger partial charge on any atom is -0.206 e. The van der Waals surface area contributed by atoms with E-state index in [0.717, 1.165) is 30.5 Å². The van der Waals surface area contributed by atoms with E-state index < -0.39 is 17.6 Å². The van der Waals surface area contributed by atoms with Crippen LogP contribution in [0.5, 0.6) is 0 Å². The molecule has 0 heterocycles. The molecule has 0 bridgehead atoms. The SMILES string of the molecule is CC(C)CCc1ccc(-c2ccc(C(F)(F)F)cc2)c(F)c1. The maximum absolute atomic E-state index is 14.2. The number of rotatable bonds is 4. The van der Waals surface area contributed by atoms with Crippen molar-refractivity contribution >= 4 is 0 Å². The Morgan fingerprint density at radius 3 is 2.09 bits per heavy atom. The van der Waals surface area contributed by atoms with Crippen molar-refractivity contribution in [1.82, 2.24) is 0 Å². The molecule has 22 heavy (non-hydrogen) atoms. The summed E-state index contributed by atoms with van der Waals surface area (Å²) < 4.78 is 51.8. The molecule has 0 atom stereocenters. The molecule has 0 aliphatic rings. The molecule has 0 nitrogen and oxygen atoms in total. The van der Waals surface area contributed by atoms with Crippen LogP contribution in [-0.4, -0.2) is 0 Å². The Labute approximate surface area is 127 Å². The molecule has 0 saturated heterocycles. The minimum absolute atomic E-state index is 0.321. The number of alkyl halides is 3. The Morgan fingerprint density at radius 2 is 1.59 bits per heavy atom. The van der Waals surface area contributed by atoms with E-state index in [2.05, 4.69) is 13.8 Å². The van der Waals surface area contributed by atoms with Crippen molar-refractivity contribution in [2.45, 2.75) is 32.9 Å². The Morgan fingerprint density at radius 1 is 0.955 bits per heavy atom. The average Bonchev–Trinajstić information content (AvgIpc) is 2.44. The lowest BCUT2D eigenvalue weighted by Crippen LogP contribution is -2.04. The van der Waals surface area contributed by atoms with E-state index in [9.17, 15) is 17.6 Å². The average molecular weight is 310 g/mol. The molecule has 118 valence electrons. The van der Waals surface area contributed by atoms with Crippen LogP contribution in [0.3, 0.4) is 0 Å². The molecule has 0 aliphatic heterocycles. The van der Waals surface area contributed by atoms with Crippen molar-refractivity contribution < 1.29 is 17.6 Å². The normalized spacial score (nSPS) is 12.0. The van der Waals surface area contributed by atoms with Gasteiger partial charge in [0.15, 0.2) is 0 Å². The zero-order chi connectivity index (χ0) is 16.3. The fourth-order valence-electron chi connectivity index (χ4n) is 2.24. The van der Waals surface area contributed by atoms with Crippen molar-refractivity contribution in [3.63, 3.8) is 0 Å². The Bertz CT molecular complexity index is 625. The van der Waals surface area contributed by atoms with Gasteiger partial charge in [0.25, 0.3) is 0 Å². The van der Waals surface area contributed by atoms with Crippen LogP contribution >= 0.6 is 0 Å². The lowest BCUT2D eigenvalue weighted by atomic mass is 9.98. The first kappa shape index (κ1) is 16.5. The molecule has 2 aromatic carbocycles. The number of hydrogen-bond acceptors (Lipinski definition) is 0. The second-order valence-corrected chi connectivity index (χ2v) is 5.82. The predicted octanol–water partition coefficient (Wildman–Crippen LogP) is 6.10. The van der Waals surface area contributed by atoms with Gasteiger partial charge < -0.3 is 0 Å². The molecule has 0 aromatic heterocycles. The zero-order valence-corrected chi connectivity index (χ0v) is 12.5. The Balaban J connectivity index is 2.22. The van der Waals surface area contributed by atoms with Crippen molar-refractivity contribution in [1.29, 1.82) is 0 Å². The van der Waals surface area contributed by atoms with Crippen molar-refractivity contribution in [2.24, 2.45) is 5.92 Å².